The maximum Gasteiger partial charge on any atom is 0.117 e. The van der Waals surface area contributed by atoms with Crippen LogP contribution in [0, 0.1) is 19.3 Å². The summed E-state index contributed by atoms with van der Waals surface area (Å²) in [6.07, 6.45) is 2.58. The van der Waals surface area contributed by atoms with Crippen molar-refractivity contribution >= 4 is 25.8 Å². The summed E-state index contributed by atoms with van der Waals surface area (Å²) in [5, 5.41) is 4.71. The zero-order valence-electron chi connectivity index (χ0n) is 18.1. The van der Waals surface area contributed by atoms with E-state index < -0.39 is 7.74 Å². The zero-order valence-corrected chi connectivity index (χ0v) is 20.0. The van der Waals surface area contributed by atoms with Gasteiger partial charge in [0.05, 0.1) is 0 Å². The molecule has 0 amide bonds. The van der Waals surface area contributed by atoms with E-state index in [9.17, 15) is 0 Å². The van der Waals surface area contributed by atoms with Crippen LogP contribution >= 0.6 is 7.47 Å². The van der Waals surface area contributed by atoms with Crippen molar-refractivity contribution < 1.29 is 0 Å². The number of aryl methyl sites for hydroxylation is 2. The average molecular weight is 393 g/mol. The Hall–Kier alpha value is -1.43. The van der Waals surface area contributed by atoms with E-state index in [0.29, 0.717) is 0 Å². The molecule has 0 saturated carbocycles. The van der Waals surface area contributed by atoms with Crippen molar-refractivity contribution in [3.63, 3.8) is 0 Å². The first kappa shape index (κ1) is 20.3. The van der Waals surface area contributed by atoms with Crippen LogP contribution in [0.3, 0.4) is 0 Å². The van der Waals surface area contributed by atoms with Crippen LogP contribution < -0.4 is 10.6 Å². The van der Waals surface area contributed by atoms with Gasteiger partial charge in [0.2, 0.25) is 0 Å². The molecule has 0 aromatic heterocycles. The van der Waals surface area contributed by atoms with Crippen LogP contribution in [-0.4, -0.2) is 7.74 Å². The largest absolute Gasteiger partial charge is 0.117 e. The third-order valence-corrected chi connectivity index (χ3v) is 16.5. The third kappa shape index (κ3) is 3.78. The van der Waals surface area contributed by atoms with Crippen LogP contribution in [0.25, 0.3) is 0 Å². The Morgan fingerprint density at radius 1 is 0.704 bits per heavy atom. The standard InChI is InChI=1S/C25H33PSi/c1-18-9-13-22(14-10-18)26(23-15-11-19(2)12-16-23)27(7,8)24-17-25(5,6)21(4)20(24)3/h9-17H,1-8H3. The van der Waals surface area contributed by atoms with Gasteiger partial charge < -0.3 is 0 Å². The van der Waals surface area contributed by atoms with Crippen LogP contribution in [0.4, 0.5) is 0 Å². The van der Waals surface area contributed by atoms with Gasteiger partial charge in [0.1, 0.15) is 7.74 Å². The van der Waals surface area contributed by atoms with Crippen LogP contribution in [0.1, 0.15) is 38.8 Å². The number of allylic oxidation sites excluding steroid dienone is 4. The van der Waals surface area contributed by atoms with Gasteiger partial charge >= 0.3 is 0 Å². The van der Waals surface area contributed by atoms with Crippen LogP contribution in [0.5, 0.6) is 0 Å². The molecule has 0 heterocycles. The summed E-state index contributed by atoms with van der Waals surface area (Å²) in [5.41, 5.74) is 5.95. The van der Waals surface area contributed by atoms with Gasteiger partial charge in [-0.15, -0.1) is 0 Å². The van der Waals surface area contributed by atoms with Crippen LogP contribution in [0.15, 0.2) is 70.9 Å². The lowest BCUT2D eigenvalue weighted by Crippen LogP contribution is -2.36. The topological polar surface area (TPSA) is 0 Å². The molecule has 0 nitrogen and oxygen atoms in total. The molecule has 1 aliphatic carbocycles. The highest BCUT2D eigenvalue weighted by atomic mass is 31.4. The van der Waals surface area contributed by atoms with Crippen LogP contribution in [0.2, 0.25) is 13.1 Å². The Kier molecular flexibility index (Phi) is 5.41. The van der Waals surface area contributed by atoms with Gasteiger partial charge in [-0.3, -0.25) is 0 Å². The van der Waals surface area contributed by atoms with E-state index in [1.165, 1.54) is 21.7 Å². The zero-order chi connectivity index (χ0) is 20.0. The Bertz CT molecular complexity index is 851. The first-order valence-corrected chi connectivity index (χ1v) is 15.1. The molecule has 0 aliphatic heterocycles. The molecular formula is C25H33PSi. The quantitative estimate of drug-likeness (QED) is 0.397. The van der Waals surface area contributed by atoms with E-state index in [1.54, 1.807) is 16.3 Å². The van der Waals surface area contributed by atoms with Gasteiger partial charge in [-0.1, -0.05) is 116 Å². The molecule has 0 saturated heterocycles. The summed E-state index contributed by atoms with van der Waals surface area (Å²) < 4.78 is 0. The summed E-state index contributed by atoms with van der Waals surface area (Å²) in [6, 6.07) is 18.6. The summed E-state index contributed by atoms with van der Waals surface area (Å²) in [4.78, 5) is 0. The molecule has 2 heteroatoms. The minimum Gasteiger partial charge on any atom is -0.0748 e. The monoisotopic (exact) mass is 392 g/mol. The maximum absolute atomic E-state index is 2.59. The smallest absolute Gasteiger partial charge is 0.0748 e. The van der Waals surface area contributed by atoms with Gasteiger partial charge in [-0.25, -0.2) is 0 Å². The van der Waals surface area contributed by atoms with Crippen molar-refractivity contribution in [2.45, 2.75) is 54.6 Å². The van der Waals surface area contributed by atoms with Crippen molar-refractivity contribution in [3.05, 3.63) is 82.1 Å². The maximum atomic E-state index is 2.59. The highest BCUT2D eigenvalue weighted by molar-refractivity contribution is 8.05. The fourth-order valence-electron chi connectivity index (χ4n) is 4.20. The Balaban J connectivity index is 2.18. The van der Waals surface area contributed by atoms with Gasteiger partial charge in [0.15, 0.2) is 0 Å². The van der Waals surface area contributed by atoms with Gasteiger partial charge in [-0.2, -0.15) is 0 Å². The van der Waals surface area contributed by atoms with Crippen molar-refractivity contribution in [2.75, 3.05) is 0 Å². The molecule has 0 bridgehead atoms. The van der Waals surface area contributed by atoms with Crippen molar-refractivity contribution in [2.24, 2.45) is 5.41 Å². The van der Waals surface area contributed by atoms with Crippen molar-refractivity contribution in [1.82, 2.24) is 0 Å². The SMILES string of the molecule is CC1=C(C)C(C)(C)C=C1[Si](C)(C)P(c1ccc(C)cc1)c1ccc(C)cc1. The molecule has 3 rings (SSSR count). The minimum atomic E-state index is -1.74. The summed E-state index contributed by atoms with van der Waals surface area (Å²) in [7, 11) is -2.12. The second kappa shape index (κ2) is 7.19. The molecule has 0 N–H and O–H groups in total. The molecule has 0 unspecified atom stereocenters. The van der Waals surface area contributed by atoms with E-state index in [2.05, 4.69) is 109 Å². The molecule has 0 fully saturated rings. The predicted molar refractivity (Wildman–Crippen MR) is 126 cm³/mol. The van der Waals surface area contributed by atoms with Gasteiger partial charge in [0, 0.05) is 5.41 Å². The summed E-state index contributed by atoms with van der Waals surface area (Å²) in [6.45, 7) is 18.9. The molecule has 0 radical (unpaired) electrons. The van der Waals surface area contributed by atoms with E-state index in [1.807, 2.05) is 0 Å². The molecular weight excluding hydrogens is 359 g/mol. The fraction of sp³-hybridized carbons (Fsp3) is 0.360. The second-order valence-corrected chi connectivity index (χ2v) is 19.2. The number of hydrogen-bond donors (Lipinski definition) is 0. The highest BCUT2D eigenvalue weighted by Crippen LogP contribution is 2.54. The Labute approximate surface area is 168 Å². The molecule has 27 heavy (non-hydrogen) atoms. The van der Waals surface area contributed by atoms with Crippen molar-refractivity contribution in [3.8, 4) is 0 Å². The fourth-order valence-corrected chi connectivity index (χ4v) is 14.9. The van der Waals surface area contributed by atoms with Crippen LogP contribution in [-0.2, 0) is 0 Å². The number of hydrogen-bond acceptors (Lipinski definition) is 0. The van der Waals surface area contributed by atoms with Gasteiger partial charge in [0.25, 0.3) is 0 Å². The van der Waals surface area contributed by atoms with E-state index >= 15 is 0 Å². The second-order valence-electron chi connectivity index (χ2n) is 9.10. The predicted octanol–water partition coefficient (Wildman–Crippen LogP) is 6.78. The third-order valence-electron chi connectivity index (χ3n) is 6.24. The number of rotatable bonds is 4. The summed E-state index contributed by atoms with van der Waals surface area (Å²) in [5.74, 6) is 0. The molecule has 142 valence electrons. The van der Waals surface area contributed by atoms with Crippen molar-refractivity contribution in [1.29, 1.82) is 0 Å². The first-order valence-electron chi connectivity index (χ1n) is 9.89. The lowest BCUT2D eigenvalue weighted by molar-refractivity contribution is 0.588. The molecule has 2 aromatic rings. The van der Waals surface area contributed by atoms with E-state index in [0.717, 1.165) is 0 Å². The number of benzene rings is 2. The minimum absolute atomic E-state index is 0.186. The average Bonchev–Trinajstić information content (AvgIpc) is 2.82. The highest BCUT2D eigenvalue weighted by Gasteiger charge is 2.42. The normalized spacial score (nSPS) is 16.9. The van der Waals surface area contributed by atoms with E-state index in [4.69, 9.17) is 0 Å². The molecule has 1 aliphatic rings. The molecule has 0 atom stereocenters. The Morgan fingerprint density at radius 2 is 1.11 bits per heavy atom. The first-order chi connectivity index (χ1) is 12.5. The Morgan fingerprint density at radius 3 is 1.44 bits per heavy atom. The lowest BCUT2D eigenvalue weighted by atomic mass is 9.88. The molecule has 0 spiro atoms. The van der Waals surface area contributed by atoms with E-state index in [-0.39, 0.29) is 12.9 Å². The van der Waals surface area contributed by atoms with Gasteiger partial charge in [-0.05, 0) is 38.3 Å². The lowest BCUT2D eigenvalue weighted by Gasteiger charge is -2.36. The summed E-state index contributed by atoms with van der Waals surface area (Å²) >= 11 is 0. The molecule has 2 aromatic carbocycles.